The molecule has 0 fully saturated rings. The molecule has 1 heterocycles. The molecule has 0 unspecified atom stereocenters. The molecule has 1 amide bonds. The summed E-state index contributed by atoms with van der Waals surface area (Å²) in [4.78, 5) is 36.4. The first-order chi connectivity index (χ1) is 12.1. The van der Waals surface area contributed by atoms with Gasteiger partial charge in [-0.25, -0.2) is 10.0 Å². The van der Waals surface area contributed by atoms with Gasteiger partial charge >= 0.3 is 0 Å². The van der Waals surface area contributed by atoms with Gasteiger partial charge in [0.2, 0.25) is 0 Å². The van der Waals surface area contributed by atoms with Gasteiger partial charge in [0.25, 0.3) is 11.5 Å². The molecule has 0 radical (unpaired) electrons. The number of aryl methyl sites for hydroxylation is 1. The number of hydrogen-bond donors (Lipinski definition) is 1. The van der Waals surface area contributed by atoms with Gasteiger partial charge in [0.1, 0.15) is 17.1 Å². The van der Waals surface area contributed by atoms with Crippen molar-refractivity contribution < 1.29 is 14.4 Å². The Kier molecular flexibility index (Phi) is 6.47. The Labute approximate surface area is 145 Å². The van der Waals surface area contributed by atoms with Gasteiger partial charge < -0.3 is 9.72 Å². The Balaban J connectivity index is 2.24. The molecule has 0 aliphatic heterocycles. The van der Waals surface area contributed by atoms with Crippen molar-refractivity contribution in [1.29, 1.82) is 0 Å². The molecule has 0 aliphatic carbocycles. The third-order valence-corrected chi connectivity index (χ3v) is 3.62. The molecule has 2 aromatic rings. The van der Waals surface area contributed by atoms with Crippen LogP contribution in [0.1, 0.15) is 28.2 Å². The van der Waals surface area contributed by atoms with Gasteiger partial charge in [-0.05, 0) is 18.9 Å². The highest BCUT2D eigenvalue weighted by Crippen LogP contribution is 2.20. The van der Waals surface area contributed by atoms with Gasteiger partial charge in [0.05, 0.1) is 20.8 Å². The van der Waals surface area contributed by atoms with Crippen LogP contribution in [-0.4, -0.2) is 35.2 Å². The molecule has 7 nitrogen and oxygen atoms in total. The second-order valence-corrected chi connectivity index (χ2v) is 5.23. The lowest BCUT2D eigenvalue weighted by Crippen LogP contribution is -2.31. The number of allylic oxidation sites excluding steroid dienone is 1. The quantitative estimate of drug-likeness (QED) is 0.586. The van der Waals surface area contributed by atoms with E-state index >= 15 is 0 Å². The zero-order valence-electron chi connectivity index (χ0n) is 14.3. The number of rotatable bonds is 8. The number of ether oxygens (including phenoxy) is 1. The summed E-state index contributed by atoms with van der Waals surface area (Å²) in [6.07, 6.45) is 4.00. The van der Waals surface area contributed by atoms with Crippen LogP contribution in [0.5, 0.6) is 5.75 Å². The number of para-hydroxylation sites is 1. The SMILES string of the molecule is C=CCCc1nc(C(=O)N(Cc2ccccc2OC)OC)c[nH]c1=O. The normalized spacial score (nSPS) is 10.3. The van der Waals surface area contributed by atoms with E-state index in [9.17, 15) is 9.59 Å². The highest BCUT2D eigenvalue weighted by atomic mass is 16.7. The molecule has 1 N–H and O–H groups in total. The number of amides is 1. The van der Waals surface area contributed by atoms with Crippen molar-refractivity contribution >= 4 is 5.91 Å². The highest BCUT2D eigenvalue weighted by Gasteiger charge is 2.20. The number of carbonyl (C=O) groups excluding carboxylic acids is 1. The molecule has 0 atom stereocenters. The fourth-order valence-electron chi connectivity index (χ4n) is 2.30. The Morgan fingerprint density at radius 1 is 1.36 bits per heavy atom. The average Bonchev–Trinajstić information content (AvgIpc) is 2.65. The number of aromatic nitrogens is 2. The van der Waals surface area contributed by atoms with Gasteiger partial charge in [-0.2, -0.15) is 0 Å². The third-order valence-electron chi connectivity index (χ3n) is 3.62. The van der Waals surface area contributed by atoms with E-state index in [1.54, 1.807) is 19.3 Å². The Hall–Kier alpha value is -2.93. The van der Waals surface area contributed by atoms with Crippen molar-refractivity contribution in [2.24, 2.45) is 0 Å². The first-order valence-electron chi connectivity index (χ1n) is 7.78. The minimum absolute atomic E-state index is 0.107. The van der Waals surface area contributed by atoms with Crippen molar-refractivity contribution in [3.05, 3.63) is 70.4 Å². The highest BCUT2D eigenvalue weighted by molar-refractivity contribution is 5.91. The number of aromatic amines is 1. The van der Waals surface area contributed by atoms with Crippen LogP contribution in [0.15, 0.2) is 47.9 Å². The van der Waals surface area contributed by atoms with Crippen molar-refractivity contribution in [1.82, 2.24) is 15.0 Å². The van der Waals surface area contributed by atoms with Crippen molar-refractivity contribution in [2.75, 3.05) is 14.2 Å². The molecule has 132 valence electrons. The first-order valence-corrected chi connectivity index (χ1v) is 7.78. The molecule has 0 bridgehead atoms. The molecule has 0 saturated heterocycles. The second-order valence-electron chi connectivity index (χ2n) is 5.23. The minimum atomic E-state index is -0.454. The fourth-order valence-corrected chi connectivity index (χ4v) is 2.30. The van der Waals surface area contributed by atoms with Crippen LogP contribution in [0.2, 0.25) is 0 Å². The van der Waals surface area contributed by atoms with E-state index in [4.69, 9.17) is 9.57 Å². The molecule has 0 spiro atoms. The lowest BCUT2D eigenvalue weighted by Gasteiger charge is -2.20. The Morgan fingerprint density at radius 3 is 2.80 bits per heavy atom. The van der Waals surface area contributed by atoms with Gasteiger partial charge in [0, 0.05) is 11.8 Å². The Morgan fingerprint density at radius 2 is 2.12 bits per heavy atom. The van der Waals surface area contributed by atoms with Gasteiger partial charge in [-0.3, -0.25) is 14.4 Å². The molecule has 1 aromatic heterocycles. The van der Waals surface area contributed by atoms with Crippen molar-refractivity contribution in [3.63, 3.8) is 0 Å². The predicted octanol–water partition coefficient (Wildman–Crippen LogP) is 2.10. The number of hydrogen-bond acceptors (Lipinski definition) is 5. The Bertz CT molecular complexity index is 801. The average molecular weight is 343 g/mol. The number of benzene rings is 1. The maximum Gasteiger partial charge on any atom is 0.297 e. The summed E-state index contributed by atoms with van der Waals surface area (Å²) in [6, 6.07) is 7.34. The standard InChI is InChI=1S/C18H21N3O4/c1-4-5-9-14-17(22)19-11-15(20-14)18(23)21(25-3)12-13-8-6-7-10-16(13)24-2/h4,6-8,10-11H,1,5,9,12H2,2-3H3,(H,19,22). The van der Waals surface area contributed by atoms with Crippen molar-refractivity contribution in [2.45, 2.75) is 19.4 Å². The molecule has 0 aliphatic rings. The number of nitrogens with one attached hydrogen (secondary N) is 1. The van der Waals surface area contributed by atoms with E-state index in [0.29, 0.717) is 24.3 Å². The largest absolute Gasteiger partial charge is 0.496 e. The van der Waals surface area contributed by atoms with Crippen LogP contribution in [-0.2, 0) is 17.8 Å². The molecular formula is C18H21N3O4. The molecule has 25 heavy (non-hydrogen) atoms. The van der Waals surface area contributed by atoms with E-state index in [1.807, 2.05) is 18.2 Å². The molecule has 1 aromatic carbocycles. The maximum absolute atomic E-state index is 12.7. The lowest BCUT2D eigenvalue weighted by molar-refractivity contribution is -0.102. The topological polar surface area (TPSA) is 84.5 Å². The van der Waals surface area contributed by atoms with Crippen molar-refractivity contribution in [3.8, 4) is 5.75 Å². The van der Waals surface area contributed by atoms with Crippen LogP contribution in [0, 0.1) is 0 Å². The van der Waals surface area contributed by atoms with E-state index in [-0.39, 0.29) is 17.8 Å². The second kappa shape index (κ2) is 8.79. The molecule has 0 saturated carbocycles. The van der Waals surface area contributed by atoms with Crippen LogP contribution in [0.3, 0.4) is 0 Å². The summed E-state index contributed by atoms with van der Waals surface area (Å²) in [5.41, 5.74) is 0.873. The van der Waals surface area contributed by atoms with Crippen LogP contribution < -0.4 is 10.3 Å². The number of carbonyl (C=O) groups is 1. The van der Waals surface area contributed by atoms with E-state index in [2.05, 4.69) is 16.5 Å². The fraction of sp³-hybridized carbons (Fsp3) is 0.278. The van der Waals surface area contributed by atoms with E-state index in [1.165, 1.54) is 13.3 Å². The van der Waals surface area contributed by atoms with Crippen LogP contribution in [0.25, 0.3) is 0 Å². The number of H-pyrrole nitrogens is 1. The number of nitrogens with zero attached hydrogens (tertiary/aromatic N) is 2. The van der Waals surface area contributed by atoms with Gasteiger partial charge in [-0.1, -0.05) is 24.3 Å². The molecule has 2 rings (SSSR count). The molecule has 7 heteroatoms. The summed E-state index contributed by atoms with van der Waals surface area (Å²) in [5.74, 6) is 0.197. The first kappa shape index (κ1) is 18.4. The summed E-state index contributed by atoms with van der Waals surface area (Å²) in [6.45, 7) is 3.80. The minimum Gasteiger partial charge on any atom is -0.496 e. The summed E-state index contributed by atoms with van der Waals surface area (Å²) in [5, 5.41) is 1.16. The van der Waals surface area contributed by atoms with Crippen LogP contribution in [0.4, 0.5) is 0 Å². The predicted molar refractivity (Wildman–Crippen MR) is 93.3 cm³/mol. The number of hydroxylamine groups is 2. The summed E-state index contributed by atoms with van der Waals surface area (Å²) < 4.78 is 5.29. The zero-order chi connectivity index (χ0) is 18.2. The summed E-state index contributed by atoms with van der Waals surface area (Å²) >= 11 is 0. The van der Waals surface area contributed by atoms with Crippen LogP contribution >= 0.6 is 0 Å². The summed E-state index contributed by atoms with van der Waals surface area (Å²) in [7, 11) is 2.96. The maximum atomic E-state index is 12.7. The van der Waals surface area contributed by atoms with Gasteiger partial charge in [-0.15, -0.1) is 6.58 Å². The smallest absolute Gasteiger partial charge is 0.297 e. The third kappa shape index (κ3) is 4.54. The van der Waals surface area contributed by atoms with E-state index in [0.717, 1.165) is 10.6 Å². The zero-order valence-corrected chi connectivity index (χ0v) is 14.3. The lowest BCUT2D eigenvalue weighted by atomic mass is 10.2. The van der Waals surface area contributed by atoms with Gasteiger partial charge in [0.15, 0.2) is 0 Å². The number of methoxy groups -OCH3 is 1. The van der Waals surface area contributed by atoms with E-state index < -0.39 is 5.91 Å². The monoisotopic (exact) mass is 343 g/mol. The molecular weight excluding hydrogens is 322 g/mol.